The minimum absolute atomic E-state index is 0.376. The zero-order chi connectivity index (χ0) is 14.6. The molecule has 19 heavy (non-hydrogen) atoms. The van der Waals surface area contributed by atoms with Crippen molar-refractivity contribution in [3.63, 3.8) is 0 Å². The number of aryl methyl sites for hydroxylation is 1. The summed E-state index contributed by atoms with van der Waals surface area (Å²) in [6, 6.07) is 2.57. The van der Waals surface area contributed by atoms with Gasteiger partial charge in [-0.3, -0.25) is 0 Å². The Kier molecular flexibility index (Phi) is 5.92. The normalized spacial score (nSPS) is 15.0. The van der Waals surface area contributed by atoms with Gasteiger partial charge in [-0.1, -0.05) is 34.6 Å². The molecule has 1 heterocycles. The van der Waals surface area contributed by atoms with Gasteiger partial charge in [0.15, 0.2) is 0 Å². The summed E-state index contributed by atoms with van der Waals surface area (Å²) >= 11 is 0. The lowest BCUT2D eigenvalue weighted by Gasteiger charge is -2.28. The lowest BCUT2D eigenvalue weighted by Crippen LogP contribution is -2.35. The molecule has 0 fully saturated rings. The van der Waals surface area contributed by atoms with Crippen LogP contribution in [0.5, 0.6) is 0 Å². The Hall–Kier alpha value is -0.960. The van der Waals surface area contributed by atoms with Gasteiger partial charge in [-0.2, -0.15) is 0 Å². The predicted octanol–water partition coefficient (Wildman–Crippen LogP) is 3.65. The molecule has 0 aliphatic heterocycles. The van der Waals surface area contributed by atoms with Gasteiger partial charge in [-0.25, -0.2) is 9.97 Å². The van der Waals surface area contributed by atoms with Crippen LogP contribution in [0, 0.1) is 12.8 Å². The highest BCUT2D eigenvalue weighted by Crippen LogP contribution is 2.28. The van der Waals surface area contributed by atoms with E-state index in [0.29, 0.717) is 23.8 Å². The van der Waals surface area contributed by atoms with Crippen LogP contribution >= 0.6 is 0 Å². The van der Waals surface area contributed by atoms with Crippen LogP contribution < -0.4 is 5.32 Å². The molecule has 0 saturated carbocycles. The molecule has 0 saturated heterocycles. The molecule has 0 aliphatic rings. The van der Waals surface area contributed by atoms with Crippen molar-refractivity contribution in [3.05, 3.63) is 23.3 Å². The highest BCUT2D eigenvalue weighted by Gasteiger charge is 2.24. The third-order valence-corrected chi connectivity index (χ3v) is 3.53. The summed E-state index contributed by atoms with van der Waals surface area (Å²) in [6.45, 7) is 16.3. The van der Waals surface area contributed by atoms with E-state index in [4.69, 9.17) is 4.98 Å². The van der Waals surface area contributed by atoms with Crippen molar-refractivity contribution < 1.29 is 0 Å². The molecule has 0 radical (unpaired) electrons. The Labute approximate surface area is 118 Å². The molecule has 3 nitrogen and oxygen atoms in total. The lowest BCUT2D eigenvalue weighted by atomic mass is 9.85. The molecule has 1 rings (SSSR count). The maximum absolute atomic E-state index is 4.81. The summed E-state index contributed by atoms with van der Waals surface area (Å²) in [4.78, 5) is 9.36. The predicted molar refractivity (Wildman–Crippen MR) is 81.6 cm³/mol. The van der Waals surface area contributed by atoms with Gasteiger partial charge in [0.05, 0.1) is 0 Å². The molecule has 0 amide bonds. The van der Waals surface area contributed by atoms with E-state index in [0.717, 1.165) is 18.1 Å². The second kappa shape index (κ2) is 6.99. The minimum atomic E-state index is 0.376. The van der Waals surface area contributed by atoms with Gasteiger partial charge in [0.1, 0.15) is 5.82 Å². The molecular formula is C16H29N3. The first kappa shape index (κ1) is 16.1. The molecule has 0 aromatic carbocycles. The Bertz CT molecular complexity index is 399. The molecular weight excluding hydrogens is 234 g/mol. The van der Waals surface area contributed by atoms with Crippen molar-refractivity contribution in [2.24, 2.45) is 5.92 Å². The highest BCUT2D eigenvalue weighted by molar-refractivity contribution is 5.18. The van der Waals surface area contributed by atoms with E-state index in [2.05, 4.69) is 64.8 Å². The summed E-state index contributed by atoms with van der Waals surface area (Å²) in [5.41, 5.74) is 2.25. The van der Waals surface area contributed by atoms with Gasteiger partial charge in [0, 0.05) is 29.3 Å². The van der Waals surface area contributed by atoms with Crippen molar-refractivity contribution in [1.29, 1.82) is 0 Å². The first-order valence-electron chi connectivity index (χ1n) is 7.45. The Morgan fingerprint density at radius 1 is 1.11 bits per heavy atom. The first-order chi connectivity index (χ1) is 8.86. The summed E-state index contributed by atoms with van der Waals surface area (Å²) in [5, 5.41) is 3.53. The van der Waals surface area contributed by atoms with E-state index in [-0.39, 0.29) is 0 Å². The van der Waals surface area contributed by atoms with E-state index in [1.54, 1.807) is 0 Å². The minimum Gasteiger partial charge on any atom is -0.314 e. The number of aromatic nitrogens is 2. The fourth-order valence-corrected chi connectivity index (χ4v) is 2.67. The fourth-order valence-electron chi connectivity index (χ4n) is 2.67. The number of hydrogen-bond acceptors (Lipinski definition) is 3. The average Bonchev–Trinajstić information content (AvgIpc) is 2.28. The number of nitrogens with one attached hydrogen (secondary N) is 1. The van der Waals surface area contributed by atoms with Gasteiger partial charge < -0.3 is 5.32 Å². The second-order valence-electron chi connectivity index (χ2n) is 6.06. The quantitative estimate of drug-likeness (QED) is 0.851. The first-order valence-corrected chi connectivity index (χ1v) is 7.45. The third kappa shape index (κ3) is 4.27. The molecule has 108 valence electrons. The SMILES string of the molecule is CCNC(C)C(c1cc(C)nc(C(C)C)n1)C(C)C. The maximum Gasteiger partial charge on any atom is 0.131 e. The van der Waals surface area contributed by atoms with E-state index < -0.39 is 0 Å². The summed E-state index contributed by atoms with van der Waals surface area (Å²) in [5.74, 6) is 2.33. The Morgan fingerprint density at radius 2 is 1.74 bits per heavy atom. The van der Waals surface area contributed by atoms with Crippen LogP contribution in [0.1, 0.15) is 70.6 Å². The van der Waals surface area contributed by atoms with Gasteiger partial charge in [-0.05, 0) is 32.4 Å². The van der Waals surface area contributed by atoms with E-state index in [1.165, 1.54) is 5.69 Å². The van der Waals surface area contributed by atoms with Crippen LogP contribution in [0.2, 0.25) is 0 Å². The standard InChI is InChI=1S/C16H29N3/c1-8-17-13(7)15(10(2)3)14-9-12(6)18-16(19-14)11(4)5/h9-11,13,15,17H,8H2,1-7H3. The van der Waals surface area contributed by atoms with Gasteiger partial charge >= 0.3 is 0 Å². The smallest absolute Gasteiger partial charge is 0.131 e. The zero-order valence-electron chi connectivity index (χ0n) is 13.5. The van der Waals surface area contributed by atoms with Gasteiger partial charge in [0.25, 0.3) is 0 Å². The van der Waals surface area contributed by atoms with Crippen LogP contribution in [0.3, 0.4) is 0 Å². The van der Waals surface area contributed by atoms with Gasteiger partial charge in [0.2, 0.25) is 0 Å². The second-order valence-corrected chi connectivity index (χ2v) is 6.06. The Balaban J connectivity index is 3.15. The van der Waals surface area contributed by atoms with Crippen molar-refractivity contribution >= 4 is 0 Å². The lowest BCUT2D eigenvalue weighted by molar-refractivity contribution is 0.374. The largest absolute Gasteiger partial charge is 0.314 e. The molecule has 0 bridgehead atoms. The number of hydrogen-bond donors (Lipinski definition) is 1. The van der Waals surface area contributed by atoms with Crippen molar-refractivity contribution in [3.8, 4) is 0 Å². The molecule has 2 unspecified atom stereocenters. The summed E-state index contributed by atoms with van der Waals surface area (Å²) in [6.07, 6.45) is 0. The number of likely N-dealkylation sites (N-methyl/N-ethyl adjacent to an activating group) is 1. The van der Waals surface area contributed by atoms with Crippen molar-refractivity contribution in [1.82, 2.24) is 15.3 Å². The molecule has 0 spiro atoms. The Morgan fingerprint density at radius 3 is 2.21 bits per heavy atom. The maximum atomic E-state index is 4.81. The average molecular weight is 263 g/mol. The molecule has 3 heteroatoms. The molecule has 1 aromatic heterocycles. The highest BCUT2D eigenvalue weighted by atomic mass is 14.9. The fraction of sp³-hybridized carbons (Fsp3) is 0.750. The zero-order valence-corrected chi connectivity index (χ0v) is 13.5. The molecule has 0 aliphatic carbocycles. The van der Waals surface area contributed by atoms with Crippen LogP contribution in [0.25, 0.3) is 0 Å². The molecule has 1 N–H and O–H groups in total. The summed E-state index contributed by atoms with van der Waals surface area (Å²) < 4.78 is 0. The number of rotatable bonds is 6. The van der Waals surface area contributed by atoms with Crippen LogP contribution in [-0.2, 0) is 0 Å². The monoisotopic (exact) mass is 263 g/mol. The van der Waals surface area contributed by atoms with Crippen molar-refractivity contribution in [2.75, 3.05) is 6.54 Å². The molecule has 2 atom stereocenters. The van der Waals surface area contributed by atoms with Crippen LogP contribution in [0.4, 0.5) is 0 Å². The third-order valence-electron chi connectivity index (χ3n) is 3.53. The molecule has 1 aromatic rings. The van der Waals surface area contributed by atoms with E-state index in [9.17, 15) is 0 Å². The van der Waals surface area contributed by atoms with Crippen molar-refractivity contribution in [2.45, 2.75) is 66.3 Å². The van der Waals surface area contributed by atoms with E-state index >= 15 is 0 Å². The van der Waals surface area contributed by atoms with Crippen LogP contribution in [0.15, 0.2) is 6.07 Å². The van der Waals surface area contributed by atoms with Crippen LogP contribution in [-0.4, -0.2) is 22.6 Å². The summed E-state index contributed by atoms with van der Waals surface area (Å²) in [7, 11) is 0. The topological polar surface area (TPSA) is 37.8 Å². The number of nitrogens with zero attached hydrogens (tertiary/aromatic N) is 2. The van der Waals surface area contributed by atoms with E-state index in [1.807, 2.05) is 0 Å². The van der Waals surface area contributed by atoms with Gasteiger partial charge in [-0.15, -0.1) is 0 Å².